The summed E-state index contributed by atoms with van der Waals surface area (Å²) < 4.78 is 0. The van der Waals surface area contributed by atoms with Gasteiger partial charge in [0, 0.05) is 0 Å². The van der Waals surface area contributed by atoms with Crippen LogP contribution >= 0.6 is 7.92 Å². The molecule has 25 heavy (non-hydrogen) atoms. The largest absolute Gasteiger partial charge is 0.0622 e. The number of benzene rings is 4. The molecule has 119 valence electrons. The number of hydrogen-bond acceptors (Lipinski definition) is 0. The normalized spacial score (nSPS) is 10.8. The molecule has 0 unspecified atom stereocenters. The Labute approximate surface area is 150 Å². The van der Waals surface area contributed by atoms with Crippen LogP contribution in [0.15, 0.2) is 109 Å². The van der Waals surface area contributed by atoms with Gasteiger partial charge in [-0.25, -0.2) is 0 Å². The molecule has 1 radical (unpaired) electrons. The van der Waals surface area contributed by atoms with E-state index in [9.17, 15) is 0 Å². The van der Waals surface area contributed by atoms with Crippen LogP contribution in [0.3, 0.4) is 0 Å². The van der Waals surface area contributed by atoms with Crippen LogP contribution in [0, 0.1) is 6.07 Å². The second kappa shape index (κ2) is 7.47. The SMILES string of the molecule is [c]1ccc(-c2ccccc2P(c2ccccc2)c2ccccc2)cc1. The van der Waals surface area contributed by atoms with Crippen molar-refractivity contribution in [3.63, 3.8) is 0 Å². The molecule has 0 N–H and O–H groups in total. The molecule has 1 heteroatoms. The Balaban J connectivity index is 1.93. The van der Waals surface area contributed by atoms with Gasteiger partial charge in [0.15, 0.2) is 0 Å². The lowest BCUT2D eigenvalue weighted by Gasteiger charge is -2.22. The summed E-state index contributed by atoms with van der Waals surface area (Å²) in [6.07, 6.45) is 0. The van der Waals surface area contributed by atoms with Gasteiger partial charge in [-0.1, -0.05) is 109 Å². The van der Waals surface area contributed by atoms with Crippen LogP contribution in [-0.4, -0.2) is 0 Å². The number of rotatable bonds is 4. The summed E-state index contributed by atoms with van der Waals surface area (Å²) in [5, 5.41) is 4.14. The van der Waals surface area contributed by atoms with Gasteiger partial charge in [-0.05, 0) is 41.0 Å². The molecule has 0 aliphatic carbocycles. The van der Waals surface area contributed by atoms with Gasteiger partial charge in [-0.15, -0.1) is 0 Å². The Morgan fingerprint density at radius 2 is 1.04 bits per heavy atom. The minimum absolute atomic E-state index is 0.601. The van der Waals surface area contributed by atoms with Crippen molar-refractivity contribution in [2.45, 2.75) is 0 Å². The van der Waals surface area contributed by atoms with Crippen molar-refractivity contribution in [1.82, 2.24) is 0 Å². The minimum Gasteiger partial charge on any atom is -0.0622 e. The van der Waals surface area contributed by atoms with E-state index in [0.717, 1.165) is 0 Å². The first kappa shape index (κ1) is 15.8. The molecule has 0 fully saturated rings. The lowest BCUT2D eigenvalue weighted by Crippen LogP contribution is -2.21. The predicted molar refractivity (Wildman–Crippen MR) is 109 cm³/mol. The van der Waals surface area contributed by atoms with Gasteiger partial charge in [0.2, 0.25) is 0 Å². The molecule has 0 aliphatic heterocycles. The van der Waals surface area contributed by atoms with Crippen LogP contribution in [0.2, 0.25) is 0 Å². The van der Waals surface area contributed by atoms with E-state index in [4.69, 9.17) is 0 Å². The third kappa shape index (κ3) is 3.40. The van der Waals surface area contributed by atoms with E-state index < -0.39 is 7.92 Å². The molecule has 0 bridgehead atoms. The van der Waals surface area contributed by atoms with Crippen LogP contribution in [0.4, 0.5) is 0 Å². The lowest BCUT2D eigenvalue weighted by atomic mass is 10.1. The smallest absolute Gasteiger partial charge is 0.00726 e. The first-order chi connectivity index (χ1) is 12.4. The van der Waals surface area contributed by atoms with E-state index in [1.165, 1.54) is 27.0 Å². The van der Waals surface area contributed by atoms with Crippen molar-refractivity contribution in [2.24, 2.45) is 0 Å². The Morgan fingerprint density at radius 1 is 0.520 bits per heavy atom. The third-order valence-corrected chi connectivity index (χ3v) is 6.70. The second-order valence-electron chi connectivity index (χ2n) is 5.81. The highest BCUT2D eigenvalue weighted by atomic mass is 31.1. The Bertz CT molecular complexity index is 892. The van der Waals surface area contributed by atoms with Crippen LogP contribution in [-0.2, 0) is 0 Å². The van der Waals surface area contributed by atoms with Crippen LogP contribution < -0.4 is 15.9 Å². The molecule has 0 aliphatic rings. The molecule has 4 aromatic rings. The minimum atomic E-state index is -0.601. The molecule has 4 rings (SSSR count). The fraction of sp³-hybridized carbons (Fsp3) is 0. The molecule has 0 nitrogen and oxygen atoms in total. The first-order valence-electron chi connectivity index (χ1n) is 8.39. The number of hydrogen-bond donors (Lipinski definition) is 0. The maximum absolute atomic E-state index is 3.12. The summed E-state index contributed by atoms with van der Waals surface area (Å²) in [5.41, 5.74) is 2.55. The molecule has 4 aromatic carbocycles. The van der Waals surface area contributed by atoms with Crippen LogP contribution in [0.25, 0.3) is 11.1 Å². The van der Waals surface area contributed by atoms with Gasteiger partial charge in [-0.3, -0.25) is 0 Å². The van der Waals surface area contributed by atoms with Crippen molar-refractivity contribution in [3.8, 4) is 11.1 Å². The molecule has 0 heterocycles. The van der Waals surface area contributed by atoms with Gasteiger partial charge < -0.3 is 0 Å². The maximum Gasteiger partial charge on any atom is -0.00726 e. The van der Waals surface area contributed by atoms with Gasteiger partial charge in [0.05, 0.1) is 0 Å². The molecule has 0 saturated carbocycles. The van der Waals surface area contributed by atoms with Gasteiger partial charge in [0.25, 0.3) is 0 Å². The zero-order valence-electron chi connectivity index (χ0n) is 13.8. The van der Waals surface area contributed by atoms with E-state index in [1.54, 1.807) is 0 Å². The zero-order valence-corrected chi connectivity index (χ0v) is 14.7. The van der Waals surface area contributed by atoms with Crippen LogP contribution in [0.1, 0.15) is 0 Å². The van der Waals surface area contributed by atoms with Crippen LogP contribution in [0.5, 0.6) is 0 Å². The molecule has 0 amide bonds. The predicted octanol–water partition coefficient (Wildman–Crippen LogP) is 4.91. The highest BCUT2D eigenvalue weighted by molar-refractivity contribution is 7.80. The Hall–Kier alpha value is -2.69. The third-order valence-electron chi connectivity index (χ3n) is 4.20. The highest BCUT2D eigenvalue weighted by Crippen LogP contribution is 2.36. The zero-order chi connectivity index (χ0) is 16.9. The first-order valence-corrected chi connectivity index (χ1v) is 9.73. The molecule has 0 atom stereocenters. The summed E-state index contributed by atoms with van der Waals surface area (Å²) >= 11 is 0. The van der Waals surface area contributed by atoms with E-state index in [2.05, 4.69) is 103 Å². The summed E-state index contributed by atoms with van der Waals surface area (Å²) in [4.78, 5) is 0. The lowest BCUT2D eigenvalue weighted by molar-refractivity contribution is 1.64. The Kier molecular flexibility index (Phi) is 4.72. The second-order valence-corrected chi connectivity index (χ2v) is 8.00. The summed E-state index contributed by atoms with van der Waals surface area (Å²) in [6.45, 7) is 0. The average molecular weight is 337 g/mol. The summed E-state index contributed by atoms with van der Waals surface area (Å²) in [5.74, 6) is 0. The van der Waals surface area contributed by atoms with E-state index in [-0.39, 0.29) is 0 Å². The molecular weight excluding hydrogens is 319 g/mol. The van der Waals surface area contributed by atoms with E-state index in [0.29, 0.717) is 0 Å². The van der Waals surface area contributed by atoms with Gasteiger partial charge in [0.1, 0.15) is 0 Å². The van der Waals surface area contributed by atoms with E-state index >= 15 is 0 Å². The van der Waals surface area contributed by atoms with Gasteiger partial charge >= 0.3 is 0 Å². The van der Waals surface area contributed by atoms with Crippen molar-refractivity contribution >= 4 is 23.8 Å². The highest BCUT2D eigenvalue weighted by Gasteiger charge is 2.19. The van der Waals surface area contributed by atoms with Gasteiger partial charge in [-0.2, -0.15) is 0 Å². The maximum atomic E-state index is 3.12. The molecule has 0 aromatic heterocycles. The standard InChI is InChI=1S/C24H18P/c1-4-12-20(13-5-1)23-18-10-11-19-24(23)25(21-14-6-2-7-15-21)22-16-8-3-9-17-22/h2-19H. The molecular formula is C24H18P. The Morgan fingerprint density at radius 3 is 1.64 bits per heavy atom. The molecule has 0 saturated heterocycles. The molecule has 0 spiro atoms. The quantitative estimate of drug-likeness (QED) is 0.464. The fourth-order valence-corrected chi connectivity index (χ4v) is 5.54. The van der Waals surface area contributed by atoms with Crippen molar-refractivity contribution in [1.29, 1.82) is 0 Å². The monoisotopic (exact) mass is 337 g/mol. The average Bonchev–Trinajstić information content (AvgIpc) is 2.71. The van der Waals surface area contributed by atoms with Crippen molar-refractivity contribution in [3.05, 3.63) is 115 Å². The van der Waals surface area contributed by atoms with E-state index in [1.807, 2.05) is 12.1 Å². The van der Waals surface area contributed by atoms with Crippen molar-refractivity contribution < 1.29 is 0 Å². The topological polar surface area (TPSA) is 0 Å². The summed E-state index contributed by atoms with van der Waals surface area (Å²) in [7, 11) is -0.601. The van der Waals surface area contributed by atoms with Crippen molar-refractivity contribution in [2.75, 3.05) is 0 Å². The summed E-state index contributed by atoms with van der Waals surface area (Å²) in [6, 6.07) is 41.8. The fourth-order valence-electron chi connectivity index (χ4n) is 3.06.